The zero-order valence-electron chi connectivity index (χ0n) is 21.3. The minimum absolute atomic E-state index is 0.000514. The molecule has 0 fully saturated rings. The molecular weight excluding hydrogens is 487 g/mol. The number of carboxylic acids is 1. The van der Waals surface area contributed by atoms with Crippen LogP contribution in [0.15, 0.2) is 36.5 Å². The Hall–Kier alpha value is -4.34. The van der Waals surface area contributed by atoms with Crippen LogP contribution in [0.25, 0.3) is 22.5 Å². The van der Waals surface area contributed by atoms with E-state index < -0.39 is 5.97 Å². The highest BCUT2D eigenvalue weighted by Crippen LogP contribution is 2.44. The van der Waals surface area contributed by atoms with Crippen molar-refractivity contribution in [2.75, 3.05) is 11.9 Å². The number of nitrogens with zero attached hydrogens (tertiary/aromatic N) is 5. The predicted molar refractivity (Wildman–Crippen MR) is 139 cm³/mol. The van der Waals surface area contributed by atoms with E-state index in [1.807, 2.05) is 18.2 Å². The SMILES string of the molecule is Cc1cc(-c2nnn(C)n2)cc(C)c1-c1ccc(F)c2c1CC[C@H]2Nc1cc2c(cn1)[C@@H](CC(=O)O)CO2. The van der Waals surface area contributed by atoms with Gasteiger partial charge >= 0.3 is 5.97 Å². The highest BCUT2D eigenvalue weighted by Gasteiger charge is 2.31. The molecule has 0 unspecified atom stereocenters. The Labute approximate surface area is 218 Å². The number of hydrogen-bond acceptors (Lipinski definition) is 7. The Morgan fingerprint density at radius 1 is 1.24 bits per heavy atom. The number of aliphatic carboxylic acids is 1. The number of rotatable bonds is 6. The molecule has 0 saturated carbocycles. The Morgan fingerprint density at radius 3 is 2.74 bits per heavy atom. The van der Waals surface area contributed by atoms with Crippen LogP contribution in [-0.2, 0) is 18.3 Å². The molecule has 0 amide bonds. The Kier molecular flexibility index (Phi) is 5.81. The van der Waals surface area contributed by atoms with Gasteiger partial charge in [0, 0.05) is 34.9 Å². The second kappa shape index (κ2) is 9.20. The fourth-order valence-electron chi connectivity index (χ4n) is 5.81. The van der Waals surface area contributed by atoms with Crippen molar-refractivity contribution in [2.24, 2.45) is 7.05 Å². The van der Waals surface area contributed by atoms with Crippen molar-refractivity contribution >= 4 is 11.8 Å². The van der Waals surface area contributed by atoms with Gasteiger partial charge in [0.1, 0.15) is 17.4 Å². The van der Waals surface area contributed by atoms with Gasteiger partial charge in [-0.05, 0) is 77.9 Å². The van der Waals surface area contributed by atoms with Gasteiger partial charge in [0.15, 0.2) is 0 Å². The summed E-state index contributed by atoms with van der Waals surface area (Å²) in [6.45, 7) is 4.42. The molecule has 0 spiro atoms. The highest BCUT2D eigenvalue weighted by atomic mass is 19.1. The van der Waals surface area contributed by atoms with Crippen LogP contribution in [0.4, 0.5) is 10.2 Å². The van der Waals surface area contributed by atoms with Crippen LogP contribution in [0, 0.1) is 19.7 Å². The second-order valence-corrected chi connectivity index (χ2v) is 10.0. The first-order chi connectivity index (χ1) is 18.3. The third-order valence-corrected chi connectivity index (χ3v) is 7.42. The molecule has 2 aromatic heterocycles. The lowest BCUT2D eigenvalue weighted by molar-refractivity contribution is -0.137. The van der Waals surface area contributed by atoms with Crippen molar-refractivity contribution in [3.8, 4) is 28.3 Å². The normalized spacial score (nSPS) is 17.7. The minimum atomic E-state index is -0.868. The number of anilines is 1. The van der Waals surface area contributed by atoms with E-state index >= 15 is 4.39 Å². The van der Waals surface area contributed by atoms with Gasteiger partial charge in [0.25, 0.3) is 0 Å². The van der Waals surface area contributed by atoms with Gasteiger partial charge in [-0.15, -0.1) is 10.2 Å². The summed E-state index contributed by atoms with van der Waals surface area (Å²) in [6.07, 6.45) is 3.13. The van der Waals surface area contributed by atoms with E-state index in [0.29, 0.717) is 29.6 Å². The standard InChI is InChI=1S/C28H27FN6O3/c1-14-8-16(28-32-34-35(3)33-28)9-15(2)26(14)18-4-6-21(29)27-19(18)5-7-22(27)31-24-11-23-20(12-30-24)17(13-38-23)10-25(36)37/h4,6,8-9,11-12,17,22H,5,7,10,13H2,1-3H3,(H,30,31)(H,36,37)/t17-,22+/m0/s1. The summed E-state index contributed by atoms with van der Waals surface area (Å²) >= 11 is 0. The third-order valence-electron chi connectivity index (χ3n) is 7.42. The Bertz CT molecular complexity index is 1560. The van der Waals surface area contributed by atoms with Crippen molar-refractivity contribution in [1.82, 2.24) is 25.2 Å². The van der Waals surface area contributed by atoms with E-state index in [0.717, 1.165) is 51.8 Å². The molecule has 0 bridgehead atoms. The number of benzene rings is 2. The highest BCUT2D eigenvalue weighted by molar-refractivity contribution is 5.79. The lowest BCUT2D eigenvalue weighted by Gasteiger charge is -2.19. The number of aryl methyl sites for hydroxylation is 3. The molecule has 2 aliphatic rings. The maximum Gasteiger partial charge on any atom is 0.304 e. The number of ether oxygens (including phenoxy) is 1. The van der Waals surface area contributed by atoms with E-state index in [1.165, 1.54) is 4.80 Å². The Morgan fingerprint density at radius 2 is 2.03 bits per heavy atom. The van der Waals surface area contributed by atoms with Gasteiger partial charge < -0.3 is 15.2 Å². The van der Waals surface area contributed by atoms with E-state index in [4.69, 9.17) is 9.84 Å². The molecule has 2 aromatic carbocycles. The van der Waals surface area contributed by atoms with Crippen LogP contribution in [-0.4, -0.2) is 42.9 Å². The minimum Gasteiger partial charge on any atom is -0.492 e. The predicted octanol–water partition coefficient (Wildman–Crippen LogP) is 4.75. The van der Waals surface area contributed by atoms with Crippen molar-refractivity contribution < 1.29 is 19.0 Å². The molecule has 1 aliphatic carbocycles. The summed E-state index contributed by atoms with van der Waals surface area (Å²) in [5.41, 5.74) is 7.59. The number of aromatic nitrogens is 5. The second-order valence-electron chi connectivity index (χ2n) is 10.0. The molecule has 2 N–H and O–H groups in total. The van der Waals surface area contributed by atoms with Crippen molar-refractivity contribution in [3.05, 3.63) is 70.2 Å². The van der Waals surface area contributed by atoms with Crippen LogP contribution in [0.2, 0.25) is 0 Å². The van der Waals surface area contributed by atoms with E-state index in [9.17, 15) is 4.79 Å². The zero-order valence-corrected chi connectivity index (χ0v) is 21.3. The van der Waals surface area contributed by atoms with E-state index in [2.05, 4.69) is 39.6 Å². The number of halogens is 1. The quantitative estimate of drug-likeness (QED) is 0.379. The fourth-order valence-corrected chi connectivity index (χ4v) is 5.81. The zero-order chi connectivity index (χ0) is 26.6. The average molecular weight is 515 g/mol. The molecule has 3 heterocycles. The summed E-state index contributed by atoms with van der Waals surface area (Å²) < 4.78 is 21.0. The van der Waals surface area contributed by atoms with Crippen molar-refractivity contribution in [2.45, 2.75) is 45.1 Å². The van der Waals surface area contributed by atoms with E-state index in [-0.39, 0.29) is 24.2 Å². The number of hydrogen-bond donors (Lipinski definition) is 2. The smallest absolute Gasteiger partial charge is 0.304 e. The van der Waals surface area contributed by atoms with Crippen molar-refractivity contribution in [3.63, 3.8) is 0 Å². The molecule has 2 atom stereocenters. The van der Waals surface area contributed by atoms with Gasteiger partial charge in [0.05, 0.1) is 26.1 Å². The first-order valence-electron chi connectivity index (χ1n) is 12.6. The maximum absolute atomic E-state index is 15.3. The lowest BCUT2D eigenvalue weighted by atomic mass is 9.89. The lowest BCUT2D eigenvalue weighted by Crippen LogP contribution is -2.10. The summed E-state index contributed by atoms with van der Waals surface area (Å²) in [6, 6.07) is 9.05. The van der Waals surface area contributed by atoms with Crippen LogP contribution in [0.5, 0.6) is 5.75 Å². The molecule has 1 aliphatic heterocycles. The molecule has 38 heavy (non-hydrogen) atoms. The van der Waals surface area contributed by atoms with Crippen LogP contribution >= 0.6 is 0 Å². The molecule has 194 valence electrons. The number of pyridine rings is 1. The van der Waals surface area contributed by atoms with Crippen LogP contribution < -0.4 is 10.1 Å². The molecule has 10 heteroatoms. The average Bonchev–Trinajstić information content (AvgIpc) is 3.59. The summed E-state index contributed by atoms with van der Waals surface area (Å²) in [7, 11) is 1.73. The monoisotopic (exact) mass is 514 g/mol. The number of carboxylic acid groups (broad SMARTS) is 1. The topological polar surface area (TPSA) is 115 Å². The van der Waals surface area contributed by atoms with Gasteiger partial charge in [-0.3, -0.25) is 4.79 Å². The molecule has 6 rings (SSSR count). The van der Waals surface area contributed by atoms with Crippen LogP contribution in [0.3, 0.4) is 0 Å². The molecule has 0 saturated heterocycles. The van der Waals surface area contributed by atoms with E-state index in [1.54, 1.807) is 25.4 Å². The molecule has 0 radical (unpaired) electrons. The summed E-state index contributed by atoms with van der Waals surface area (Å²) in [5.74, 6) is 0.458. The largest absolute Gasteiger partial charge is 0.492 e. The van der Waals surface area contributed by atoms with Gasteiger partial charge in [-0.25, -0.2) is 9.37 Å². The summed E-state index contributed by atoms with van der Waals surface area (Å²) in [5, 5.41) is 24.9. The van der Waals surface area contributed by atoms with Crippen LogP contribution in [0.1, 0.15) is 52.6 Å². The first-order valence-corrected chi connectivity index (χ1v) is 12.6. The number of carbonyl (C=O) groups is 1. The third kappa shape index (κ3) is 4.15. The summed E-state index contributed by atoms with van der Waals surface area (Å²) in [4.78, 5) is 17.1. The fraction of sp³-hybridized carbons (Fsp3) is 0.321. The molecule has 4 aromatic rings. The van der Waals surface area contributed by atoms with Gasteiger partial charge in [-0.1, -0.05) is 6.07 Å². The Balaban J connectivity index is 1.31. The molecular formula is C28H27FN6O3. The first kappa shape index (κ1) is 24.0. The van der Waals surface area contributed by atoms with Crippen molar-refractivity contribution in [1.29, 1.82) is 0 Å². The number of nitrogens with one attached hydrogen (secondary N) is 1. The number of fused-ring (bicyclic) bond motifs is 2. The van der Waals surface area contributed by atoms with Gasteiger partial charge in [-0.2, -0.15) is 4.80 Å². The number of tetrazole rings is 1. The maximum atomic E-state index is 15.3. The molecule has 9 nitrogen and oxygen atoms in total. The van der Waals surface area contributed by atoms with Gasteiger partial charge in [0.2, 0.25) is 5.82 Å².